The highest BCUT2D eigenvalue weighted by Crippen LogP contribution is 2.38. The second-order valence-electron chi connectivity index (χ2n) is 5.31. The Balaban J connectivity index is 2.33. The van der Waals surface area contributed by atoms with Crippen molar-refractivity contribution in [3.63, 3.8) is 0 Å². The lowest BCUT2D eigenvalue weighted by molar-refractivity contribution is -0.144. The third-order valence-corrected chi connectivity index (χ3v) is 3.55. The summed E-state index contributed by atoms with van der Waals surface area (Å²) in [4.78, 5) is 11.5. The molecule has 1 aliphatic heterocycles. The lowest BCUT2D eigenvalue weighted by atomic mass is 9.74. The molecular weight excluding hydrogens is 188 g/mol. The summed E-state index contributed by atoms with van der Waals surface area (Å²) in [6.45, 7) is 7.26. The monoisotopic (exact) mass is 212 g/mol. The lowest BCUT2D eigenvalue weighted by Gasteiger charge is -2.28. The molecule has 1 heterocycles. The van der Waals surface area contributed by atoms with Gasteiger partial charge >= 0.3 is 5.97 Å². The van der Waals surface area contributed by atoms with E-state index in [0.29, 0.717) is 6.61 Å². The molecule has 1 atom stereocenters. The predicted molar refractivity (Wildman–Crippen MR) is 61.6 cm³/mol. The highest BCUT2D eigenvalue weighted by molar-refractivity contribution is 5.75. The largest absolute Gasteiger partial charge is 0.465 e. The van der Waals surface area contributed by atoms with Gasteiger partial charge in [-0.2, -0.15) is 0 Å². The van der Waals surface area contributed by atoms with E-state index in [0.717, 1.165) is 12.8 Å². The van der Waals surface area contributed by atoms with E-state index in [4.69, 9.17) is 4.74 Å². The zero-order valence-electron chi connectivity index (χ0n) is 10.3. The fourth-order valence-electron chi connectivity index (χ4n) is 2.39. The van der Waals surface area contributed by atoms with Gasteiger partial charge in [-0.05, 0) is 18.3 Å². The molecule has 0 aromatic heterocycles. The molecular formula is C13H24O2. The van der Waals surface area contributed by atoms with E-state index in [1.165, 1.54) is 25.7 Å². The molecule has 0 aromatic carbocycles. The number of carbonyl (C=O) groups excluding carboxylic acids is 1. The summed E-state index contributed by atoms with van der Waals surface area (Å²) < 4.78 is 5.04. The molecule has 0 aromatic rings. The second-order valence-corrected chi connectivity index (χ2v) is 5.31. The molecule has 1 unspecified atom stereocenters. The molecule has 0 saturated carbocycles. The van der Waals surface area contributed by atoms with Crippen molar-refractivity contribution in [3.8, 4) is 0 Å². The van der Waals surface area contributed by atoms with Crippen molar-refractivity contribution in [1.82, 2.24) is 0 Å². The number of esters is 1. The first-order valence-corrected chi connectivity index (χ1v) is 6.24. The van der Waals surface area contributed by atoms with Gasteiger partial charge in [-0.25, -0.2) is 0 Å². The van der Waals surface area contributed by atoms with Gasteiger partial charge in [0.25, 0.3) is 0 Å². The van der Waals surface area contributed by atoms with E-state index in [1.54, 1.807) is 0 Å². The van der Waals surface area contributed by atoms with Crippen molar-refractivity contribution >= 4 is 5.97 Å². The minimum absolute atomic E-state index is 0.0236. The topological polar surface area (TPSA) is 26.3 Å². The molecule has 0 aliphatic carbocycles. The first-order chi connectivity index (χ1) is 7.08. The third-order valence-electron chi connectivity index (χ3n) is 3.55. The van der Waals surface area contributed by atoms with Crippen molar-refractivity contribution < 1.29 is 9.53 Å². The van der Waals surface area contributed by atoms with E-state index in [-0.39, 0.29) is 17.3 Å². The molecule has 0 amide bonds. The fourth-order valence-corrected chi connectivity index (χ4v) is 2.39. The zero-order valence-corrected chi connectivity index (χ0v) is 10.3. The molecule has 88 valence electrons. The molecule has 2 heteroatoms. The van der Waals surface area contributed by atoms with Crippen LogP contribution in [0.25, 0.3) is 0 Å². The minimum Gasteiger partial charge on any atom is -0.465 e. The molecule has 1 aliphatic rings. The van der Waals surface area contributed by atoms with Crippen molar-refractivity contribution in [3.05, 3.63) is 0 Å². The summed E-state index contributed by atoms with van der Waals surface area (Å²) >= 11 is 0. The second kappa shape index (κ2) is 5.53. The normalized spacial score (nSPS) is 21.8. The molecule has 1 fully saturated rings. The Labute approximate surface area is 93.4 Å². The number of hydrogen-bond acceptors (Lipinski definition) is 2. The third kappa shape index (κ3) is 3.51. The Hall–Kier alpha value is -0.530. The van der Waals surface area contributed by atoms with E-state index in [9.17, 15) is 4.79 Å². The van der Waals surface area contributed by atoms with Crippen molar-refractivity contribution in [2.24, 2.45) is 11.3 Å². The molecule has 0 bridgehead atoms. The molecule has 1 rings (SSSR count). The highest BCUT2D eigenvalue weighted by Gasteiger charge is 2.39. The first kappa shape index (κ1) is 12.5. The Morgan fingerprint density at radius 1 is 1.33 bits per heavy atom. The van der Waals surface area contributed by atoms with Gasteiger partial charge in [-0.15, -0.1) is 0 Å². The Bertz CT molecular complexity index is 209. The SMILES string of the molecule is CCCCCCC(C)(C)C1CCOC1=O. The van der Waals surface area contributed by atoms with Crippen LogP contribution in [0.3, 0.4) is 0 Å². The van der Waals surface area contributed by atoms with Crippen LogP contribution in [0, 0.1) is 11.3 Å². The average molecular weight is 212 g/mol. The van der Waals surface area contributed by atoms with Crippen molar-refractivity contribution in [2.75, 3.05) is 6.61 Å². The molecule has 0 N–H and O–H groups in total. The van der Waals surface area contributed by atoms with Gasteiger partial charge in [0.2, 0.25) is 0 Å². The smallest absolute Gasteiger partial charge is 0.309 e. The summed E-state index contributed by atoms with van der Waals surface area (Å²) in [6.07, 6.45) is 7.18. The predicted octanol–water partition coefficient (Wildman–Crippen LogP) is 3.55. The van der Waals surface area contributed by atoms with Crippen LogP contribution in [0.5, 0.6) is 0 Å². The number of carbonyl (C=O) groups is 1. The fraction of sp³-hybridized carbons (Fsp3) is 0.923. The van der Waals surface area contributed by atoms with E-state index >= 15 is 0 Å². The van der Waals surface area contributed by atoms with Gasteiger partial charge in [0.15, 0.2) is 0 Å². The number of rotatable bonds is 6. The molecule has 0 spiro atoms. The van der Waals surface area contributed by atoms with Gasteiger partial charge in [0.1, 0.15) is 0 Å². The Morgan fingerprint density at radius 3 is 2.60 bits per heavy atom. The van der Waals surface area contributed by atoms with Gasteiger partial charge in [-0.1, -0.05) is 46.5 Å². The Kier molecular flexibility index (Phi) is 4.62. The quantitative estimate of drug-likeness (QED) is 0.497. The average Bonchev–Trinajstić information content (AvgIpc) is 2.60. The maximum Gasteiger partial charge on any atom is 0.309 e. The van der Waals surface area contributed by atoms with Crippen molar-refractivity contribution in [1.29, 1.82) is 0 Å². The van der Waals surface area contributed by atoms with Crippen molar-refractivity contribution in [2.45, 2.75) is 59.3 Å². The standard InChI is InChI=1S/C13H24O2/c1-4-5-6-7-9-13(2,3)11-8-10-15-12(11)14/h11H,4-10H2,1-3H3. The lowest BCUT2D eigenvalue weighted by Crippen LogP contribution is -2.27. The summed E-state index contributed by atoms with van der Waals surface area (Å²) in [5.74, 6) is 0.162. The summed E-state index contributed by atoms with van der Waals surface area (Å²) in [6, 6.07) is 0. The van der Waals surface area contributed by atoms with Gasteiger partial charge in [-0.3, -0.25) is 4.79 Å². The Morgan fingerprint density at radius 2 is 2.07 bits per heavy atom. The number of unbranched alkanes of at least 4 members (excludes halogenated alkanes) is 3. The van der Waals surface area contributed by atoms with E-state index in [1.807, 2.05) is 0 Å². The van der Waals surface area contributed by atoms with Gasteiger partial charge in [0, 0.05) is 0 Å². The van der Waals surface area contributed by atoms with E-state index < -0.39 is 0 Å². The van der Waals surface area contributed by atoms with Crippen LogP contribution in [0.4, 0.5) is 0 Å². The molecule has 2 nitrogen and oxygen atoms in total. The highest BCUT2D eigenvalue weighted by atomic mass is 16.5. The van der Waals surface area contributed by atoms with Crippen LogP contribution in [-0.4, -0.2) is 12.6 Å². The van der Waals surface area contributed by atoms with Gasteiger partial charge in [0.05, 0.1) is 12.5 Å². The molecule has 0 radical (unpaired) electrons. The molecule has 15 heavy (non-hydrogen) atoms. The number of hydrogen-bond donors (Lipinski definition) is 0. The number of ether oxygens (including phenoxy) is 1. The van der Waals surface area contributed by atoms with Crippen LogP contribution >= 0.6 is 0 Å². The van der Waals surface area contributed by atoms with Crippen LogP contribution in [0.1, 0.15) is 59.3 Å². The van der Waals surface area contributed by atoms with Gasteiger partial charge < -0.3 is 4.74 Å². The zero-order chi connectivity index (χ0) is 11.3. The van der Waals surface area contributed by atoms with Crippen LogP contribution in [0.2, 0.25) is 0 Å². The van der Waals surface area contributed by atoms with Crippen LogP contribution < -0.4 is 0 Å². The van der Waals surface area contributed by atoms with Crippen LogP contribution in [0.15, 0.2) is 0 Å². The summed E-state index contributed by atoms with van der Waals surface area (Å²) in [7, 11) is 0. The minimum atomic E-state index is 0.0236. The number of cyclic esters (lactones) is 1. The first-order valence-electron chi connectivity index (χ1n) is 6.24. The van der Waals surface area contributed by atoms with Crippen LogP contribution in [-0.2, 0) is 9.53 Å². The van der Waals surface area contributed by atoms with E-state index in [2.05, 4.69) is 20.8 Å². The summed E-state index contributed by atoms with van der Waals surface area (Å²) in [5.41, 5.74) is 0.126. The molecule has 1 saturated heterocycles. The maximum atomic E-state index is 11.5. The maximum absolute atomic E-state index is 11.5. The summed E-state index contributed by atoms with van der Waals surface area (Å²) in [5, 5.41) is 0.